The second-order valence-corrected chi connectivity index (χ2v) is 8.75. The van der Waals surface area contributed by atoms with Crippen LogP contribution in [0.4, 0.5) is 0 Å². The molecule has 1 aromatic carbocycles. The van der Waals surface area contributed by atoms with Crippen molar-refractivity contribution in [3.05, 3.63) is 47.3 Å². The second-order valence-electron chi connectivity index (χ2n) is 8.75. The predicted octanol–water partition coefficient (Wildman–Crippen LogP) is 2.80. The monoisotopic (exact) mass is 423 g/mol. The van der Waals surface area contributed by atoms with Crippen molar-refractivity contribution in [3.63, 3.8) is 0 Å². The van der Waals surface area contributed by atoms with Crippen LogP contribution < -0.4 is 10.6 Å². The fourth-order valence-electron chi connectivity index (χ4n) is 4.95. The molecule has 1 aliphatic heterocycles. The lowest BCUT2D eigenvalue weighted by Crippen LogP contribution is -2.53. The lowest BCUT2D eigenvalue weighted by molar-refractivity contribution is -0.132. The molecule has 1 atom stereocenters. The number of nitrogens with zero attached hydrogens (tertiary/aromatic N) is 3. The molecule has 2 aliphatic rings. The van der Waals surface area contributed by atoms with Crippen LogP contribution in [0, 0.1) is 13.8 Å². The molecular weight excluding hydrogens is 390 g/mol. The summed E-state index contributed by atoms with van der Waals surface area (Å²) in [5.41, 5.74) is 3.60. The third-order valence-corrected chi connectivity index (χ3v) is 6.50. The van der Waals surface area contributed by atoms with Crippen LogP contribution in [-0.2, 0) is 9.59 Å². The van der Waals surface area contributed by atoms with E-state index >= 15 is 0 Å². The fourth-order valence-corrected chi connectivity index (χ4v) is 4.95. The zero-order chi connectivity index (χ0) is 21.8. The van der Waals surface area contributed by atoms with E-state index in [0.29, 0.717) is 13.1 Å². The van der Waals surface area contributed by atoms with E-state index in [2.05, 4.69) is 10.6 Å². The second kappa shape index (κ2) is 9.64. The van der Waals surface area contributed by atoms with Gasteiger partial charge >= 0.3 is 0 Å². The molecule has 1 aliphatic carbocycles. The highest BCUT2D eigenvalue weighted by atomic mass is 16.2. The van der Waals surface area contributed by atoms with Crippen LogP contribution in [0.25, 0.3) is 5.69 Å². The number of benzene rings is 1. The van der Waals surface area contributed by atoms with E-state index in [-0.39, 0.29) is 24.4 Å². The summed E-state index contributed by atoms with van der Waals surface area (Å²) in [5.74, 6) is -0.0512. The molecule has 4 rings (SSSR count). The van der Waals surface area contributed by atoms with Crippen LogP contribution in [0.5, 0.6) is 0 Å². The molecule has 2 amide bonds. The van der Waals surface area contributed by atoms with Gasteiger partial charge in [0, 0.05) is 30.4 Å². The van der Waals surface area contributed by atoms with Gasteiger partial charge in [-0.25, -0.2) is 4.68 Å². The van der Waals surface area contributed by atoms with Crippen molar-refractivity contribution in [2.45, 2.75) is 64.5 Å². The van der Waals surface area contributed by atoms with Gasteiger partial charge < -0.3 is 10.6 Å². The van der Waals surface area contributed by atoms with Gasteiger partial charge in [-0.2, -0.15) is 5.10 Å². The number of carbonyl (C=O) groups excluding carboxylic acids is 2. The SMILES string of the molecule is Cc1nn(-c2ccccc2)c(C)c1[C@H]1C(=O)NCCN1CC(=O)NC1CCCCCC1. The third-order valence-electron chi connectivity index (χ3n) is 6.50. The van der Waals surface area contributed by atoms with E-state index in [1.54, 1.807) is 0 Å². The van der Waals surface area contributed by atoms with Gasteiger partial charge in [-0.15, -0.1) is 0 Å². The summed E-state index contributed by atoms with van der Waals surface area (Å²) in [6.45, 7) is 5.35. The standard InChI is InChI=1S/C24H33N5O2/c1-17-22(18(2)29(27-17)20-12-8-5-9-13-20)23-24(31)25-14-15-28(23)16-21(30)26-19-10-6-3-4-7-11-19/h5,8-9,12-13,19,23H,3-4,6-7,10-11,14-16H2,1-2H3,(H,25,31)(H,26,30)/t23-/m0/s1. The molecule has 2 fully saturated rings. The Labute approximate surface area is 184 Å². The summed E-state index contributed by atoms with van der Waals surface area (Å²) >= 11 is 0. The van der Waals surface area contributed by atoms with Crippen molar-refractivity contribution in [3.8, 4) is 5.69 Å². The molecule has 0 spiro atoms. The Balaban J connectivity index is 1.55. The fraction of sp³-hybridized carbons (Fsp3) is 0.542. The summed E-state index contributed by atoms with van der Waals surface area (Å²) in [5, 5.41) is 10.9. The van der Waals surface area contributed by atoms with E-state index in [1.807, 2.05) is 53.8 Å². The number of para-hydroxylation sites is 1. The van der Waals surface area contributed by atoms with Crippen molar-refractivity contribution in [2.75, 3.05) is 19.6 Å². The van der Waals surface area contributed by atoms with Crippen molar-refractivity contribution in [1.82, 2.24) is 25.3 Å². The van der Waals surface area contributed by atoms with Crippen LogP contribution in [0.1, 0.15) is 61.5 Å². The molecule has 2 N–H and O–H groups in total. The normalized spacial score (nSPS) is 20.8. The van der Waals surface area contributed by atoms with Crippen molar-refractivity contribution < 1.29 is 9.59 Å². The first-order valence-corrected chi connectivity index (χ1v) is 11.5. The third kappa shape index (κ3) is 4.82. The molecule has 31 heavy (non-hydrogen) atoms. The van der Waals surface area contributed by atoms with Crippen LogP contribution in [-0.4, -0.2) is 52.2 Å². The number of piperazine rings is 1. The van der Waals surface area contributed by atoms with E-state index in [0.717, 1.165) is 35.5 Å². The maximum atomic E-state index is 13.0. The molecule has 166 valence electrons. The summed E-state index contributed by atoms with van der Waals surface area (Å²) < 4.78 is 1.89. The van der Waals surface area contributed by atoms with Crippen molar-refractivity contribution in [2.24, 2.45) is 0 Å². The number of nitrogens with one attached hydrogen (secondary N) is 2. The number of hydrogen-bond acceptors (Lipinski definition) is 4. The minimum atomic E-state index is -0.508. The van der Waals surface area contributed by atoms with E-state index in [4.69, 9.17) is 5.10 Å². The van der Waals surface area contributed by atoms with E-state index in [9.17, 15) is 9.59 Å². The van der Waals surface area contributed by atoms with Crippen LogP contribution in [0.3, 0.4) is 0 Å². The Morgan fingerprint density at radius 3 is 2.55 bits per heavy atom. The topological polar surface area (TPSA) is 79.3 Å². The Kier molecular flexibility index (Phi) is 6.70. The molecule has 7 heteroatoms. The Hall–Kier alpha value is -2.67. The van der Waals surface area contributed by atoms with Gasteiger partial charge in [0.05, 0.1) is 17.9 Å². The number of aryl methyl sites for hydroxylation is 1. The molecule has 1 aromatic heterocycles. The number of aromatic nitrogens is 2. The predicted molar refractivity (Wildman–Crippen MR) is 120 cm³/mol. The van der Waals surface area contributed by atoms with Crippen molar-refractivity contribution >= 4 is 11.8 Å². The molecule has 1 saturated carbocycles. The largest absolute Gasteiger partial charge is 0.353 e. The number of rotatable bonds is 5. The van der Waals surface area contributed by atoms with Gasteiger partial charge in [0.25, 0.3) is 0 Å². The maximum Gasteiger partial charge on any atom is 0.242 e. The summed E-state index contributed by atoms with van der Waals surface area (Å²) in [4.78, 5) is 27.8. The minimum Gasteiger partial charge on any atom is -0.353 e. The van der Waals surface area contributed by atoms with Crippen LogP contribution in [0.2, 0.25) is 0 Å². The molecule has 7 nitrogen and oxygen atoms in total. The Bertz CT molecular complexity index is 916. The first-order chi connectivity index (χ1) is 15.0. The number of carbonyl (C=O) groups is 2. The quantitative estimate of drug-likeness (QED) is 0.725. The minimum absolute atomic E-state index is 0.0114. The summed E-state index contributed by atoms with van der Waals surface area (Å²) in [6.07, 6.45) is 6.97. The Morgan fingerprint density at radius 1 is 1.13 bits per heavy atom. The van der Waals surface area contributed by atoms with Gasteiger partial charge in [0.15, 0.2) is 0 Å². The highest BCUT2D eigenvalue weighted by Crippen LogP contribution is 2.30. The molecular formula is C24H33N5O2. The molecule has 2 heterocycles. The molecule has 0 bridgehead atoms. The molecule has 1 saturated heterocycles. The van der Waals surface area contributed by atoms with Crippen LogP contribution >= 0.6 is 0 Å². The molecule has 0 radical (unpaired) electrons. The Morgan fingerprint density at radius 2 is 1.84 bits per heavy atom. The summed E-state index contributed by atoms with van der Waals surface area (Å²) in [6, 6.07) is 9.68. The maximum absolute atomic E-state index is 13.0. The number of hydrogen-bond donors (Lipinski definition) is 2. The zero-order valence-corrected chi connectivity index (χ0v) is 18.6. The lowest BCUT2D eigenvalue weighted by atomic mass is 10.00. The average Bonchev–Trinajstić information content (AvgIpc) is 2.92. The van der Waals surface area contributed by atoms with Crippen molar-refractivity contribution in [1.29, 1.82) is 0 Å². The number of amides is 2. The first-order valence-electron chi connectivity index (χ1n) is 11.5. The highest BCUT2D eigenvalue weighted by Gasteiger charge is 2.36. The van der Waals surface area contributed by atoms with E-state index in [1.165, 1.54) is 25.7 Å². The molecule has 0 unspecified atom stereocenters. The first kappa shape index (κ1) is 21.6. The van der Waals surface area contributed by atoms with Crippen LogP contribution in [0.15, 0.2) is 30.3 Å². The van der Waals surface area contributed by atoms with Gasteiger partial charge in [0.2, 0.25) is 11.8 Å². The van der Waals surface area contributed by atoms with Gasteiger partial charge in [-0.3, -0.25) is 14.5 Å². The van der Waals surface area contributed by atoms with Gasteiger partial charge in [-0.05, 0) is 38.8 Å². The van der Waals surface area contributed by atoms with Gasteiger partial charge in [0.1, 0.15) is 6.04 Å². The van der Waals surface area contributed by atoms with E-state index < -0.39 is 6.04 Å². The highest BCUT2D eigenvalue weighted by molar-refractivity contribution is 5.86. The average molecular weight is 424 g/mol. The summed E-state index contributed by atoms with van der Waals surface area (Å²) in [7, 11) is 0. The lowest BCUT2D eigenvalue weighted by Gasteiger charge is -2.35. The zero-order valence-electron chi connectivity index (χ0n) is 18.6. The van der Waals surface area contributed by atoms with Gasteiger partial charge in [-0.1, -0.05) is 43.9 Å². The smallest absolute Gasteiger partial charge is 0.242 e. The molecule has 2 aromatic rings.